The highest BCUT2D eigenvalue weighted by molar-refractivity contribution is 7.17. The summed E-state index contributed by atoms with van der Waals surface area (Å²) in [7, 11) is 0. The van der Waals surface area contributed by atoms with Crippen molar-refractivity contribution in [3.63, 3.8) is 0 Å². The third kappa shape index (κ3) is 6.67. The molecular weight excluding hydrogens is 773 g/mol. The number of fused-ring (bicyclic) bond motifs is 4. The number of carbonyl (C=O) groups excluding carboxylic acids is 3. The number of likely N-dealkylation sites (tertiary alicyclic amines) is 2. The standard InChI is InChI=1S/C39H46F4N6O5S2/c1-23(53-20-36-6-2-26(3-7-36)54-21-36)30(34(51)47-11-4-24(5-12-47)33-44-10-13-55-33)46-32(50)27-16-48(29-15-25(40)14-28-31(29)56-22-45-28)17-37(27)18-49(19-37)35(52)38(8-9-38)39(41,42)43/h10,13-15,22-24,26-27,30H,2-9,11-12,16-21H2,1H3,(H,46,50)/t23-,26?,27+,30+,36?/m1/s1. The Balaban J connectivity index is 0.974. The topological polar surface area (TPSA) is 117 Å². The monoisotopic (exact) mass is 818 g/mol. The minimum atomic E-state index is -4.66. The van der Waals surface area contributed by atoms with Gasteiger partial charge < -0.3 is 29.5 Å². The van der Waals surface area contributed by atoms with E-state index in [-0.39, 0.29) is 62.4 Å². The largest absolute Gasteiger partial charge is 0.403 e. The molecule has 56 heavy (non-hydrogen) atoms. The number of aromatic nitrogens is 2. The molecule has 1 spiro atoms. The molecule has 2 aliphatic carbocycles. The molecule has 3 aromatic rings. The lowest BCUT2D eigenvalue weighted by Crippen LogP contribution is -2.67. The van der Waals surface area contributed by atoms with Crippen LogP contribution in [-0.4, -0.2) is 114 Å². The van der Waals surface area contributed by atoms with Gasteiger partial charge >= 0.3 is 6.18 Å². The number of hydrogen-bond acceptors (Lipinski definition) is 10. The van der Waals surface area contributed by atoms with Crippen molar-refractivity contribution >= 4 is 56.3 Å². The molecule has 2 saturated carbocycles. The van der Waals surface area contributed by atoms with Gasteiger partial charge in [0.2, 0.25) is 17.7 Å². The molecule has 7 heterocycles. The highest BCUT2D eigenvalue weighted by Crippen LogP contribution is 2.60. The van der Waals surface area contributed by atoms with Crippen LogP contribution in [0.4, 0.5) is 23.2 Å². The molecule has 302 valence electrons. The number of halogens is 4. The zero-order valence-electron chi connectivity index (χ0n) is 31.2. The minimum Gasteiger partial charge on any atom is -0.378 e. The van der Waals surface area contributed by atoms with Crippen molar-refractivity contribution in [3.8, 4) is 0 Å². The van der Waals surface area contributed by atoms with Gasteiger partial charge in [-0.05, 0) is 64.4 Å². The summed E-state index contributed by atoms with van der Waals surface area (Å²) < 4.78 is 70.3. The van der Waals surface area contributed by atoms with E-state index in [4.69, 9.17) is 9.47 Å². The molecule has 0 radical (unpaired) electrons. The Bertz CT molecular complexity index is 1950. The van der Waals surface area contributed by atoms with Crippen LogP contribution in [0.3, 0.4) is 0 Å². The summed E-state index contributed by atoms with van der Waals surface area (Å²) in [6, 6.07) is 1.68. The Morgan fingerprint density at radius 2 is 1.77 bits per heavy atom. The van der Waals surface area contributed by atoms with Crippen LogP contribution in [0.15, 0.2) is 29.2 Å². The average Bonchev–Trinajstić information content (AvgIpc) is 3.48. The molecule has 2 aromatic heterocycles. The molecule has 10 rings (SSSR count). The highest BCUT2D eigenvalue weighted by atomic mass is 32.1. The van der Waals surface area contributed by atoms with Crippen molar-refractivity contribution in [2.75, 3.05) is 57.4 Å². The molecule has 11 nitrogen and oxygen atoms in total. The van der Waals surface area contributed by atoms with E-state index in [1.807, 2.05) is 10.3 Å². The van der Waals surface area contributed by atoms with Crippen LogP contribution >= 0.6 is 22.7 Å². The summed E-state index contributed by atoms with van der Waals surface area (Å²) in [5, 5.41) is 6.07. The first-order valence-corrected chi connectivity index (χ1v) is 21.4. The van der Waals surface area contributed by atoms with Crippen LogP contribution in [0.25, 0.3) is 10.2 Å². The minimum absolute atomic E-state index is 0.0577. The van der Waals surface area contributed by atoms with E-state index in [0.29, 0.717) is 37.5 Å². The van der Waals surface area contributed by atoms with Gasteiger partial charge in [0.25, 0.3) is 0 Å². The maximum Gasteiger partial charge on any atom is 0.403 e. The summed E-state index contributed by atoms with van der Waals surface area (Å²) in [4.78, 5) is 56.2. The normalized spacial score (nSPS) is 28.1. The van der Waals surface area contributed by atoms with E-state index in [0.717, 1.165) is 48.2 Å². The number of benzene rings is 1. The molecule has 5 aliphatic heterocycles. The van der Waals surface area contributed by atoms with Crippen molar-refractivity contribution in [1.29, 1.82) is 0 Å². The molecule has 1 N–H and O–H groups in total. The molecule has 7 aliphatic rings. The lowest BCUT2D eigenvalue weighted by atomic mass is 9.70. The van der Waals surface area contributed by atoms with E-state index in [9.17, 15) is 31.9 Å². The van der Waals surface area contributed by atoms with Gasteiger partial charge in [0.1, 0.15) is 17.3 Å². The summed E-state index contributed by atoms with van der Waals surface area (Å²) in [5.41, 5.74) is -0.835. The smallest absolute Gasteiger partial charge is 0.378 e. The fourth-order valence-corrected chi connectivity index (χ4v) is 11.5. The Morgan fingerprint density at radius 3 is 2.41 bits per heavy atom. The number of thiazole rings is 2. The Hall–Kier alpha value is -3.41. The number of nitrogens with one attached hydrogen (secondary N) is 1. The van der Waals surface area contributed by atoms with Crippen LogP contribution in [0.1, 0.15) is 69.2 Å². The summed E-state index contributed by atoms with van der Waals surface area (Å²) in [5.74, 6) is -2.73. The Kier molecular flexibility index (Phi) is 9.64. The number of amides is 3. The maximum absolute atomic E-state index is 14.9. The van der Waals surface area contributed by atoms with Gasteiger partial charge in [-0.3, -0.25) is 14.4 Å². The third-order valence-electron chi connectivity index (χ3n) is 13.6. The van der Waals surface area contributed by atoms with Crippen LogP contribution < -0.4 is 10.2 Å². The second kappa shape index (κ2) is 14.2. The van der Waals surface area contributed by atoms with Gasteiger partial charge in [-0.1, -0.05) is 0 Å². The van der Waals surface area contributed by atoms with Gasteiger partial charge in [0, 0.05) is 73.7 Å². The van der Waals surface area contributed by atoms with Crippen molar-refractivity contribution in [2.24, 2.45) is 22.2 Å². The molecule has 3 atom stereocenters. The van der Waals surface area contributed by atoms with Crippen molar-refractivity contribution in [1.82, 2.24) is 25.1 Å². The van der Waals surface area contributed by atoms with E-state index >= 15 is 0 Å². The second-order valence-corrected chi connectivity index (χ2v) is 18.9. The van der Waals surface area contributed by atoms with E-state index in [2.05, 4.69) is 15.3 Å². The van der Waals surface area contributed by atoms with Crippen molar-refractivity contribution in [2.45, 2.75) is 88.6 Å². The van der Waals surface area contributed by atoms with Crippen LogP contribution in [0, 0.1) is 28.0 Å². The van der Waals surface area contributed by atoms with E-state index in [1.54, 1.807) is 34.9 Å². The first-order valence-electron chi connectivity index (χ1n) is 19.6. The molecule has 17 heteroatoms. The zero-order valence-corrected chi connectivity index (χ0v) is 32.8. The predicted molar refractivity (Wildman–Crippen MR) is 201 cm³/mol. The number of anilines is 1. The molecule has 1 aromatic carbocycles. The van der Waals surface area contributed by atoms with Crippen molar-refractivity contribution in [3.05, 3.63) is 40.0 Å². The summed E-state index contributed by atoms with van der Waals surface area (Å²) in [6.07, 6.45) is 1.55. The van der Waals surface area contributed by atoms with Crippen LogP contribution in [-0.2, 0) is 23.9 Å². The molecule has 5 saturated heterocycles. The summed E-state index contributed by atoms with van der Waals surface area (Å²) >= 11 is 2.93. The Morgan fingerprint density at radius 1 is 1.02 bits per heavy atom. The van der Waals surface area contributed by atoms with Crippen LogP contribution in [0.5, 0.6) is 0 Å². The van der Waals surface area contributed by atoms with Crippen LogP contribution in [0.2, 0.25) is 0 Å². The number of ether oxygens (including phenoxy) is 2. The van der Waals surface area contributed by atoms with Gasteiger partial charge in [0.05, 0.1) is 57.8 Å². The third-order valence-corrected chi connectivity index (χ3v) is 15.4. The molecule has 0 unspecified atom stereocenters. The molecule has 3 amide bonds. The SMILES string of the molecule is C[C@@H](OCC12CCC(CC1)OC2)[C@H](NC(=O)[C@@H]1CN(c2cc(F)cc3ncsc23)CC12CN(C(=O)C1(C(F)(F)F)CC1)C2)C(=O)N1CCC(c2nccs2)CC1. The second-order valence-electron chi connectivity index (χ2n) is 17.1. The number of alkyl halides is 3. The number of carbonyl (C=O) groups is 3. The maximum atomic E-state index is 14.9. The number of rotatable bonds is 10. The van der Waals surface area contributed by atoms with E-state index < -0.39 is 52.7 Å². The van der Waals surface area contributed by atoms with Gasteiger partial charge in [-0.25, -0.2) is 14.4 Å². The molecule has 2 bridgehead atoms. The first kappa shape index (κ1) is 38.1. The lowest BCUT2D eigenvalue weighted by molar-refractivity contribution is -0.205. The average molecular weight is 819 g/mol. The van der Waals surface area contributed by atoms with Gasteiger partial charge in [0.15, 0.2) is 0 Å². The Labute approximate surface area is 330 Å². The number of nitrogens with zero attached hydrogens (tertiary/aromatic N) is 5. The van der Waals surface area contributed by atoms with Gasteiger partial charge in [-0.2, -0.15) is 13.2 Å². The van der Waals surface area contributed by atoms with E-state index in [1.165, 1.54) is 28.4 Å². The zero-order chi connectivity index (χ0) is 39.0. The lowest BCUT2D eigenvalue weighted by Gasteiger charge is -2.51. The van der Waals surface area contributed by atoms with Gasteiger partial charge in [-0.15, -0.1) is 22.7 Å². The molecular formula is C39H46F4N6O5S2. The number of hydrogen-bond donors (Lipinski definition) is 1. The summed E-state index contributed by atoms with van der Waals surface area (Å²) in [6.45, 7) is 3.98. The quantitative estimate of drug-likeness (QED) is 0.257. The first-order chi connectivity index (χ1) is 26.8. The predicted octanol–water partition coefficient (Wildman–Crippen LogP) is 5.75. The fourth-order valence-electron chi connectivity index (χ4n) is 9.90. The number of piperidine rings is 1. The molecule has 7 fully saturated rings. The van der Waals surface area contributed by atoms with Crippen molar-refractivity contribution < 1.29 is 41.4 Å². The highest BCUT2D eigenvalue weighted by Gasteiger charge is 2.71. The fraction of sp³-hybridized carbons (Fsp3) is 0.667.